The van der Waals surface area contributed by atoms with Gasteiger partial charge in [0.2, 0.25) is 0 Å². The molecule has 0 spiro atoms. The van der Waals surface area contributed by atoms with Crippen molar-refractivity contribution in [3.8, 4) is 0 Å². The molecule has 0 aromatic heterocycles. The van der Waals surface area contributed by atoms with Gasteiger partial charge in [-0.2, -0.15) is 11.8 Å². The minimum Gasteiger partial charge on any atom is -0.389 e. The number of rotatable bonds is 5. The van der Waals surface area contributed by atoms with Crippen molar-refractivity contribution in [2.45, 2.75) is 37.5 Å². The van der Waals surface area contributed by atoms with Crippen molar-refractivity contribution in [3.05, 3.63) is 28.8 Å². The first-order valence-electron chi connectivity index (χ1n) is 6.59. The molecule has 1 fully saturated rings. The fourth-order valence-corrected chi connectivity index (χ4v) is 4.05. The van der Waals surface area contributed by atoms with Gasteiger partial charge in [0.15, 0.2) is 0 Å². The quantitative estimate of drug-likeness (QED) is 0.804. The van der Waals surface area contributed by atoms with Gasteiger partial charge >= 0.3 is 0 Å². The molecule has 0 saturated heterocycles. The number of thiocarbonyl (C=S) groups is 1. The number of thioether (sulfide) groups is 1. The second kappa shape index (κ2) is 6.82. The molecule has 0 bridgehead atoms. The number of anilines is 1. The van der Waals surface area contributed by atoms with E-state index in [0.717, 1.165) is 17.0 Å². The average Bonchev–Trinajstić information content (AvgIpc) is 2.79. The molecule has 1 aliphatic carbocycles. The highest BCUT2D eigenvalue weighted by Crippen LogP contribution is 2.34. The van der Waals surface area contributed by atoms with Crippen LogP contribution in [0.4, 0.5) is 5.69 Å². The lowest BCUT2D eigenvalue weighted by Crippen LogP contribution is -2.26. The van der Waals surface area contributed by atoms with Crippen molar-refractivity contribution in [1.82, 2.24) is 0 Å². The molecule has 5 heteroatoms. The number of hydrogen-bond acceptors (Lipinski definition) is 3. The normalized spacial score (nSPS) is 22.4. The number of halogens is 1. The van der Waals surface area contributed by atoms with Gasteiger partial charge in [-0.1, -0.05) is 37.2 Å². The molecule has 0 heterocycles. The molecule has 19 heavy (non-hydrogen) atoms. The molecule has 0 aliphatic heterocycles. The molecule has 1 saturated carbocycles. The third kappa shape index (κ3) is 3.77. The number of hydrogen-bond donors (Lipinski definition) is 2. The second-order valence-corrected chi connectivity index (χ2v) is 7.10. The first-order valence-corrected chi connectivity index (χ1v) is 8.42. The van der Waals surface area contributed by atoms with Gasteiger partial charge in [-0.25, -0.2) is 0 Å². The van der Waals surface area contributed by atoms with Gasteiger partial charge in [-0.3, -0.25) is 0 Å². The smallest absolute Gasteiger partial charge is 0.104 e. The summed E-state index contributed by atoms with van der Waals surface area (Å²) in [5, 5.41) is 4.96. The second-order valence-electron chi connectivity index (χ2n) is 4.73. The van der Waals surface area contributed by atoms with Crippen LogP contribution in [0.15, 0.2) is 18.2 Å². The fourth-order valence-electron chi connectivity index (χ4n) is 2.49. The molecule has 104 valence electrons. The van der Waals surface area contributed by atoms with Crippen LogP contribution in [0.3, 0.4) is 0 Å². The monoisotopic (exact) mass is 314 g/mol. The molecule has 3 N–H and O–H groups in total. The summed E-state index contributed by atoms with van der Waals surface area (Å²) in [7, 11) is 0. The maximum atomic E-state index is 6.29. The topological polar surface area (TPSA) is 38.0 Å². The first kappa shape index (κ1) is 14.9. The SMILES string of the molecule is CCSC1CCCC1Nc1ccc(C(N)=S)cc1Cl. The summed E-state index contributed by atoms with van der Waals surface area (Å²) in [5.41, 5.74) is 7.40. The van der Waals surface area contributed by atoms with Crippen molar-refractivity contribution < 1.29 is 0 Å². The van der Waals surface area contributed by atoms with Crippen molar-refractivity contribution >= 4 is 46.3 Å². The van der Waals surface area contributed by atoms with E-state index in [4.69, 9.17) is 29.6 Å². The van der Waals surface area contributed by atoms with E-state index in [2.05, 4.69) is 12.2 Å². The predicted molar refractivity (Wildman–Crippen MR) is 90.5 cm³/mol. The Labute approximate surface area is 129 Å². The fraction of sp³-hybridized carbons (Fsp3) is 0.500. The van der Waals surface area contributed by atoms with E-state index in [1.807, 2.05) is 30.0 Å². The lowest BCUT2D eigenvalue weighted by molar-refractivity contribution is 0.768. The van der Waals surface area contributed by atoms with E-state index in [9.17, 15) is 0 Å². The Balaban J connectivity index is 2.08. The zero-order valence-corrected chi connectivity index (χ0v) is 13.4. The largest absolute Gasteiger partial charge is 0.389 e. The molecular formula is C14H19ClN2S2. The Hall–Kier alpha value is -0.450. The predicted octanol–water partition coefficient (Wildman–Crippen LogP) is 4.06. The Morgan fingerprint density at radius 3 is 2.95 bits per heavy atom. The zero-order valence-electron chi connectivity index (χ0n) is 11.0. The molecule has 0 radical (unpaired) electrons. The maximum absolute atomic E-state index is 6.29. The van der Waals surface area contributed by atoms with Crippen LogP contribution in [-0.2, 0) is 0 Å². The molecule has 0 amide bonds. The van der Waals surface area contributed by atoms with Crippen LogP contribution < -0.4 is 11.1 Å². The lowest BCUT2D eigenvalue weighted by atomic mass is 10.1. The summed E-state index contributed by atoms with van der Waals surface area (Å²) >= 11 is 13.3. The lowest BCUT2D eigenvalue weighted by Gasteiger charge is -2.22. The van der Waals surface area contributed by atoms with Crippen LogP contribution in [0, 0.1) is 0 Å². The highest BCUT2D eigenvalue weighted by molar-refractivity contribution is 7.99. The highest BCUT2D eigenvalue weighted by atomic mass is 35.5. The van der Waals surface area contributed by atoms with Crippen LogP contribution in [-0.4, -0.2) is 22.0 Å². The Morgan fingerprint density at radius 2 is 2.32 bits per heavy atom. The van der Waals surface area contributed by atoms with E-state index in [1.54, 1.807) is 0 Å². The zero-order chi connectivity index (χ0) is 13.8. The first-order chi connectivity index (χ1) is 9.11. The third-order valence-electron chi connectivity index (χ3n) is 3.43. The van der Waals surface area contributed by atoms with E-state index in [1.165, 1.54) is 19.3 Å². The molecule has 2 nitrogen and oxygen atoms in total. The maximum Gasteiger partial charge on any atom is 0.104 e. The summed E-state index contributed by atoms with van der Waals surface area (Å²) in [6.07, 6.45) is 3.79. The van der Waals surface area contributed by atoms with Crippen molar-refractivity contribution in [2.75, 3.05) is 11.1 Å². The van der Waals surface area contributed by atoms with Crippen molar-refractivity contribution in [2.24, 2.45) is 5.73 Å². The summed E-state index contributed by atoms with van der Waals surface area (Å²) in [6, 6.07) is 6.25. The number of benzene rings is 1. The highest BCUT2D eigenvalue weighted by Gasteiger charge is 2.27. The molecule has 1 aromatic carbocycles. The number of nitrogens with one attached hydrogen (secondary N) is 1. The van der Waals surface area contributed by atoms with Gasteiger partial charge in [-0.15, -0.1) is 0 Å². The molecule has 2 unspecified atom stereocenters. The molecule has 1 aromatic rings. The molecular weight excluding hydrogens is 296 g/mol. The van der Waals surface area contributed by atoms with Gasteiger partial charge in [-0.05, 0) is 36.8 Å². The summed E-state index contributed by atoms with van der Waals surface area (Å²) < 4.78 is 0. The van der Waals surface area contributed by atoms with Gasteiger partial charge in [0.05, 0.1) is 10.7 Å². The van der Waals surface area contributed by atoms with Crippen LogP contribution in [0.1, 0.15) is 31.7 Å². The summed E-state index contributed by atoms with van der Waals surface area (Å²) in [4.78, 5) is 0.383. The Kier molecular flexibility index (Phi) is 5.37. The van der Waals surface area contributed by atoms with Crippen molar-refractivity contribution in [3.63, 3.8) is 0 Å². The average molecular weight is 315 g/mol. The molecule has 2 atom stereocenters. The van der Waals surface area contributed by atoms with Crippen LogP contribution in [0.2, 0.25) is 5.02 Å². The molecule has 1 aliphatic rings. The van der Waals surface area contributed by atoms with Gasteiger partial charge < -0.3 is 11.1 Å². The Morgan fingerprint density at radius 1 is 1.53 bits per heavy atom. The van der Waals surface area contributed by atoms with Crippen LogP contribution >= 0.6 is 35.6 Å². The summed E-state index contributed by atoms with van der Waals surface area (Å²) in [6.45, 7) is 2.21. The Bertz CT molecular complexity index is 465. The summed E-state index contributed by atoms with van der Waals surface area (Å²) in [5.74, 6) is 1.16. The van der Waals surface area contributed by atoms with Crippen LogP contribution in [0.25, 0.3) is 0 Å². The minimum absolute atomic E-state index is 0.383. The van der Waals surface area contributed by atoms with E-state index in [0.29, 0.717) is 21.3 Å². The van der Waals surface area contributed by atoms with Crippen molar-refractivity contribution in [1.29, 1.82) is 0 Å². The van der Waals surface area contributed by atoms with E-state index < -0.39 is 0 Å². The van der Waals surface area contributed by atoms with E-state index in [-0.39, 0.29) is 0 Å². The third-order valence-corrected chi connectivity index (χ3v) is 5.30. The minimum atomic E-state index is 0.383. The standard InChI is InChI=1S/C14H19ClN2S2/c1-2-19-13-5-3-4-12(13)17-11-7-6-9(14(16)18)8-10(11)15/h6-8,12-13,17H,2-5H2,1H3,(H2,16,18). The van der Waals surface area contributed by atoms with Gasteiger partial charge in [0, 0.05) is 16.9 Å². The van der Waals surface area contributed by atoms with Crippen LogP contribution in [0.5, 0.6) is 0 Å². The van der Waals surface area contributed by atoms with Gasteiger partial charge in [0.1, 0.15) is 4.99 Å². The van der Waals surface area contributed by atoms with E-state index >= 15 is 0 Å². The van der Waals surface area contributed by atoms with Gasteiger partial charge in [0.25, 0.3) is 0 Å². The number of nitrogens with two attached hydrogens (primary N) is 1. The molecule has 2 rings (SSSR count).